The van der Waals surface area contributed by atoms with Crippen LogP contribution < -0.4 is 5.73 Å². The standard InChI is InChI=1S/C24H29Cl2N3O2/c1-22(2,3)12-17-24(27,15-9-10-18(26)28-13-15)19(14-7-6-8-16(25)11-14)20-21(30)31-23(4,5)29(17)20/h6-11,13,17,19-20H,12,27H2,1-5H3. The molecule has 3 heterocycles. The van der Waals surface area contributed by atoms with Crippen LogP contribution in [0.4, 0.5) is 0 Å². The zero-order valence-corrected chi connectivity index (χ0v) is 20.0. The molecule has 2 aromatic rings. The van der Waals surface area contributed by atoms with Crippen LogP contribution in [0.3, 0.4) is 0 Å². The smallest absolute Gasteiger partial charge is 0.325 e. The number of nitrogens with zero attached hydrogens (tertiary/aromatic N) is 2. The molecular formula is C24H29Cl2N3O2. The van der Waals surface area contributed by atoms with Gasteiger partial charge in [0.2, 0.25) is 0 Å². The average molecular weight is 462 g/mol. The number of cyclic esters (lactones) is 1. The van der Waals surface area contributed by atoms with Gasteiger partial charge < -0.3 is 10.5 Å². The first-order valence-electron chi connectivity index (χ1n) is 10.5. The topological polar surface area (TPSA) is 68.5 Å². The van der Waals surface area contributed by atoms with Gasteiger partial charge in [-0.15, -0.1) is 0 Å². The Bertz CT molecular complexity index is 1000. The zero-order chi connectivity index (χ0) is 22.8. The molecule has 4 rings (SSSR count). The van der Waals surface area contributed by atoms with Gasteiger partial charge in [0, 0.05) is 23.2 Å². The molecule has 2 fully saturated rings. The molecule has 4 unspecified atom stereocenters. The number of rotatable bonds is 3. The Kier molecular flexibility index (Phi) is 5.41. The molecular weight excluding hydrogens is 433 g/mol. The molecule has 5 nitrogen and oxygen atoms in total. The van der Waals surface area contributed by atoms with E-state index >= 15 is 0 Å². The molecule has 0 saturated carbocycles. The van der Waals surface area contributed by atoms with Crippen LogP contribution in [-0.2, 0) is 15.1 Å². The Morgan fingerprint density at radius 1 is 1.19 bits per heavy atom. The molecule has 0 spiro atoms. The lowest BCUT2D eigenvalue weighted by Crippen LogP contribution is -2.56. The summed E-state index contributed by atoms with van der Waals surface area (Å²) in [5.74, 6) is -0.626. The number of carbonyl (C=O) groups excluding carboxylic acids is 1. The van der Waals surface area contributed by atoms with Crippen LogP contribution in [-0.4, -0.2) is 33.7 Å². The Hall–Kier alpha value is -1.66. The van der Waals surface area contributed by atoms with Crippen LogP contribution in [0.15, 0.2) is 42.6 Å². The minimum atomic E-state index is -0.906. The third-order valence-electron chi connectivity index (χ3n) is 6.47. The first-order chi connectivity index (χ1) is 14.3. The molecule has 4 atom stereocenters. The van der Waals surface area contributed by atoms with E-state index in [2.05, 4.69) is 30.7 Å². The summed E-state index contributed by atoms with van der Waals surface area (Å²) in [6.07, 6.45) is 2.50. The minimum Gasteiger partial charge on any atom is -0.443 e. The molecule has 0 aliphatic carbocycles. The lowest BCUT2D eigenvalue weighted by atomic mass is 9.69. The number of ether oxygens (including phenoxy) is 1. The lowest BCUT2D eigenvalue weighted by Gasteiger charge is -2.44. The van der Waals surface area contributed by atoms with E-state index in [4.69, 9.17) is 33.7 Å². The lowest BCUT2D eigenvalue weighted by molar-refractivity contribution is -0.152. The molecule has 0 amide bonds. The molecule has 1 aromatic heterocycles. The summed E-state index contributed by atoms with van der Waals surface area (Å²) in [5, 5.41) is 1.00. The van der Waals surface area contributed by atoms with E-state index in [-0.39, 0.29) is 23.3 Å². The Morgan fingerprint density at radius 3 is 2.48 bits per heavy atom. The van der Waals surface area contributed by atoms with Crippen molar-refractivity contribution in [3.8, 4) is 0 Å². The largest absolute Gasteiger partial charge is 0.443 e. The highest BCUT2D eigenvalue weighted by Crippen LogP contribution is 2.57. The molecule has 31 heavy (non-hydrogen) atoms. The molecule has 7 heteroatoms. The predicted octanol–water partition coefficient (Wildman–Crippen LogP) is 5.11. The summed E-state index contributed by atoms with van der Waals surface area (Å²) in [6.45, 7) is 10.4. The van der Waals surface area contributed by atoms with Gasteiger partial charge in [0.15, 0.2) is 5.72 Å². The number of benzene rings is 1. The average Bonchev–Trinajstić information content (AvgIpc) is 3.04. The van der Waals surface area contributed by atoms with Crippen molar-refractivity contribution in [1.82, 2.24) is 9.88 Å². The highest BCUT2D eigenvalue weighted by Gasteiger charge is 2.68. The summed E-state index contributed by atoms with van der Waals surface area (Å²) in [7, 11) is 0. The number of hydrogen-bond acceptors (Lipinski definition) is 5. The van der Waals surface area contributed by atoms with Crippen molar-refractivity contribution < 1.29 is 9.53 Å². The molecule has 2 N–H and O–H groups in total. The Balaban J connectivity index is 1.99. The SMILES string of the molecule is CC(C)(C)CC1N2C(C(=O)OC2(C)C)C(c2cccc(Cl)c2)C1(N)c1ccc(Cl)nc1. The summed E-state index contributed by atoms with van der Waals surface area (Å²) in [4.78, 5) is 19.7. The molecule has 166 valence electrons. The van der Waals surface area contributed by atoms with Gasteiger partial charge in [0.1, 0.15) is 11.2 Å². The number of halogens is 2. The summed E-state index contributed by atoms with van der Waals surface area (Å²) >= 11 is 12.5. The number of pyridine rings is 1. The van der Waals surface area contributed by atoms with E-state index in [1.165, 1.54) is 0 Å². The number of esters is 1. The van der Waals surface area contributed by atoms with Crippen molar-refractivity contribution in [3.05, 3.63) is 63.9 Å². The van der Waals surface area contributed by atoms with Gasteiger partial charge in [0.25, 0.3) is 0 Å². The third kappa shape index (κ3) is 3.76. The maximum absolute atomic E-state index is 13.2. The van der Waals surface area contributed by atoms with Crippen molar-refractivity contribution in [2.24, 2.45) is 11.1 Å². The number of nitrogens with two attached hydrogens (primary N) is 1. The van der Waals surface area contributed by atoms with Gasteiger partial charge in [-0.3, -0.25) is 4.79 Å². The summed E-state index contributed by atoms with van der Waals surface area (Å²) in [5.41, 5.74) is 7.43. The Labute approximate surface area is 193 Å². The van der Waals surface area contributed by atoms with Crippen molar-refractivity contribution in [2.45, 2.75) is 70.3 Å². The van der Waals surface area contributed by atoms with Gasteiger partial charge in [-0.1, -0.05) is 62.2 Å². The Morgan fingerprint density at radius 2 is 1.90 bits per heavy atom. The second kappa shape index (κ2) is 7.45. The van der Waals surface area contributed by atoms with Crippen LogP contribution in [0.2, 0.25) is 10.2 Å². The van der Waals surface area contributed by atoms with Gasteiger partial charge in [-0.2, -0.15) is 0 Å². The minimum absolute atomic E-state index is 0.0371. The summed E-state index contributed by atoms with van der Waals surface area (Å²) < 4.78 is 5.85. The van der Waals surface area contributed by atoms with Crippen LogP contribution in [0.1, 0.15) is 58.1 Å². The maximum Gasteiger partial charge on any atom is 0.325 e. The van der Waals surface area contributed by atoms with Gasteiger partial charge in [-0.25, -0.2) is 9.88 Å². The molecule has 2 aliphatic rings. The molecule has 2 saturated heterocycles. The molecule has 0 radical (unpaired) electrons. The fraction of sp³-hybridized carbons (Fsp3) is 0.500. The first kappa shape index (κ1) is 22.5. The number of carbonyl (C=O) groups is 1. The van der Waals surface area contributed by atoms with E-state index in [9.17, 15) is 4.79 Å². The molecule has 2 aliphatic heterocycles. The van der Waals surface area contributed by atoms with Crippen molar-refractivity contribution in [1.29, 1.82) is 0 Å². The fourth-order valence-electron chi connectivity index (χ4n) is 5.38. The van der Waals surface area contributed by atoms with Gasteiger partial charge >= 0.3 is 5.97 Å². The van der Waals surface area contributed by atoms with E-state index in [1.807, 2.05) is 44.2 Å². The normalized spacial score (nSPS) is 30.3. The first-order valence-corrected chi connectivity index (χ1v) is 11.3. The van der Waals surface area contributed by atoms with E-state index < -0.39 is 17.3 Å². The highest BCUT2D eigenvalue weighted by atomic mass is 35.5. The summed E-state index contributed by atoms with van der Waals surface area (Å²) in [6, 6.07) is 10.6. The van der Waals surface area contributed by atoms with E-state index in [0.717, 1.165) is 17.5 Å². The highest BCUT2D eigenvalue weighted by molar-refractivity contribution is 6.30. The quantitative estimate of drug-likeness (QED) is 0.507. The second-order valence-corrected chi connectivity index (χ2v) is 11.2. The number of aromatic nitrogens is 1. The van der Waals surface area contributed by atoms with Gasteiger partial charge in [0.05, 0.1) is 5.54 Å². The predicted molar refractivity (Wildman–Crippen MR) is 123 cm³/mol. The number of fused-ring (bicyclic) bond motifs is 1. The van der Waals surface area contributed by atoms with Crippen molar-refractivity contribution in [2.75, 3.05) is 0 Å². The number of hydrogen-bond donors (Lipinski definition) is 1. The van der Waals surface area contributed by atoms with Gasteiger partial charge in [-0.05, 0) is 55.0 Å². The van der Waals surface area contributed by atoms with Crippen LogP contribution in [0.5, 0.6) is 0 Å². The van der Waals surface area contributed by atoms with E-state index in [1.54, 1.807) is 12.3 Å². The fourth-order valence-corrected chi connectivity index (χ4v) is 5.69. The molecule has 0 bridgehead atoms. The van der Waals surface area contributed by atoms with Crippen LogP contribution >= 0.6 is 23.2 Å². The second-order valence-electron chi connectivity index (χ2n) is 10.3. The monoisotopic (exact) mass is 461 g/mol. The maximum atomic E-state index is 13.2. The van der Waals surface area contributed by atoms with Crippen LogP contribution in [0, 0.1) is 5.41 Å². The van der Waals surface area contributed by atoms with Crippen molar-refractivity contribution in [3.63, 3.8) is 0 Å². The zero-order valence-electron chi connectivity index (χ0n) is 18.5. The van der Waals surface area contributed by atoms with E-state index in [0.29, 0.717) is 10.2 Å². The molecule has 1 aromatic carbocycles. The van der Waals surface area contributed by atoms with Crippen molar-refractivity contribution >= 4 is 29.2 Å². The third-order valence-corrected chi connectivity index (χ3v) is 6.93. The van der Waals surface area contributed by atoms with Crippen LogP contribution in [0.25, 0.3) is 0 Å².